The molecule has 0 unspecified atom stereocenters. The van der Waals surface area contributed by atoms with Gasteiger partial charge in [-0.15, -0.1) is 0 Å². The van der Waals surface area contributed by atoms with Crippen molar-refractivity contribution < 1.29 is 15.4 Å². The van der Waals surface area contributed by atoms with Crippen LogP contribution >= 0.6 is 0 Å². The Bertz CT molecular complexity index is 3250. The van der Waals surface area contributed by atoms with E-state index in [-0.39, 0.29) is 40.4 Å². The second-order valence-electron chi connectivity index (χ2n) is 12.2. The molecule has 1 aromatic heterocycles. The minimum atomic E-state index is -0.549. The number of furan rings is 1. The monoisotopic (exact) mass is 630 g/mol. The van der Waals surface area contributed by atoms with Crippen LogP contribution in [0.15, 0.2) is 186 Å². The number of hydrogen-bond donors (Lipinski definition) is 0. The topological polar surface area (TPSA) is 13.1 Å². The average molecular weight is 631 g/mol. The van der Waals surface area contributed by atoms with E-state index in [1.54, 1.807) is 24.3 Å². The van der Waals surface area contributed by atoms with E-state index >= 15 is 0 Å². The Balaban J connectivity index is 1.31. The first-order valence-corrected chi connectivity index (χ1v) is 16.2. The lowest BCUT2D eigenvalue weighted by atomic mass is 9.84. The maximum Gasteiger partial charge on any atom is 0.143 e. The first kappa shape index (κ1) is 20.7. The summed E-state index contributed by atoms with van der Waals surface area (Å²) in [4.78, 5) is 0. The van der Waals surface area contributed by atoms with Gasteiger partial charge in [0.15, 0.2) is 0 Å². The third kappa shape index (κ3) is 4.40. The van der Waals surface area contributed by atoms with Crippen LogP contribution < -0.4 is 0 Å². The predicted molar refractivity (Wildman–Crippen MR) is 208 cm³/mol. The highest BCUT2D eigenvalue weighted by atomic mass is 16.3. The molecule has 1 heteroatoms. The third-order valence-corrected chi connectivity index (χ3v) is 9.46. The molecule has 10 rings (SSSR count). The fourth-order valence-electron chi connectivity index (χ4n) is 7.28. The van der Waals surface area contributed by atoms with Crippen molar-refractivity contribution in [1.29, 1.82) is 0 Å². The summed E-state index contributed by atoms with van der Waals surface area (Å²) >= 11 is 0. The van der Waals surface area contributed by atoms with E-state index in [9.17, 15) is 4.11 Å². The lowest BCUT2D eigenvalue weighted by Crippen LogP contribution is -1.92. The fourth-order valence-corrected chi connectivity index (χ4v) is 7.28. The van der Waals surface area contributed by atoms with Crippen molar-refractivity contribution in [2.24, 2.45) is 0 Å². The van der Waals surface area contributed by atoms with E-state index in [2.05, 4.69) is 42.5 Å². The first-order valence-electron chi connectivity index (χ1n) is 20.2. The van der Waals surface area contributed by atoms with Crippen molar-refractivity contribution in [3.8, 4) is 44.5 Å². The zero-order valence-corrected chi connectivity index (χ0v) is 26.1. The summed E-state index contributed by atoms with van der Waals surface area (Å²) in [6.07, 6.45) is 0. The van der Waals surface area contributed by atoms with Crippen LogP contribution in [0.2, 0.25) is 0 Å². The maximum absolute atomic E-state index is 9.95. The summed E-state index contributed by atoms with van der Waals surface area (Å²) < 4.78 is 79.0. The molecule has 0 aliphatic rings. The van der Waals surface area contributed by atoms with Gasteiger partial charge in [0.25, 0.3) is 0 Å². The van der Waals surface area contributed by atoms with E-state index in [4.69, 9.17) is 11.3 Å². The Morgan fingerprint density at radius 1 is 0.388 bits per heavy atom. The summed E-state index contributed by atoms with van der Waals surface area (Å²) in [5.41, 5.74) is 4.61. The van der Waals surface area contributed by atoms with Crippen LogP contribution in [0.25, 0.3) is 98.8 Å². The molecule has 0 N–H and O–H groups in total. The van der Waals surface area contributed by atoms with Crippen LogP contribution in [-0.4, -0.2) is 0 Å². The minimum Gasteiger partial charge on any atom is -0.455 e. The normalized spacial score (nSPS) is 14.0. The van der Waals surface area contributed by atoms with Gasteiger partial charge in [-0.3, -0.25) is 0 Å². The average Bonchev–Trinajstić information content (AvgIpc) is 3.62. The molecule has 0 bridgehead atoms. The molecule has 0 aliphatic heterocycles. The smallest absolute Gasteiger partial charge is 0.143 e. The molecule has 49 heavy (non-hydrogen) atoms. The molecular formula is C48H30O. The molecule has 0 saturated heterocycles. The Hall–Kier alpha value is -6.44. The highest BCUT2D eigenvalue weighted by molar-refractivity contribution is 6.22. The Labute approximate surface area is 295 Å². The van der Waals surface area contributed by atoms with Crippen LogP contribution in [-0.2, 0) is 0 Å². The van der Waals surface area contributed by atoms with Crippen molar-refractivity contribution in [2.45, 2.75) is 0 Å². The molecule has 1 nitrogen and oxygen atoms in total. The second kappa shape index (κ2) is 11.1. The van der Waals surface area contributed by atoms with Gasteiger partial charge in [-0.25, -0.2) is 0 Å². The number of benzene rings is 9. The lowest BCUT2D eigenvalue weighted by molar-refractivity contribution is 0.673. The van der Waals surface area contributed by atoms with Crippen LogP contribution in [0, 0.1) is 0 Å². The van der Waals surface area contributed by atoms with E-state index in [1.165, 1.54) is 0 Å². The molecule has 0 amide bonds. The van der Waals surface area contributed by atoms with Gasteiger partial charge in [0.2, 0.25) is 0 Å². The van der Waals surface area contributed by atoms with Crippen LogP contribution in [0.1, 0.15) is 11.0 Å². The number of rotatable bonds is 4. The Morgan fingerprint density at radius 3 is 1.71 bits per heavy atom. The Morgan fingerprint density at radius 2 is 1.00 bits per heavy atom. The molecule has 228 valence electrons. The predicted octanol–water partition coefficient (Wildman–Crippen LogP) is 13.7. The first-order chi connectivity index (χ1) is 27.7. The molecule has 0 saturated carbocycles. The summed E-state index contributed by atoms with van der Waals surface area (Å²) in [5.74, 6) is 0. The standard InChI is InChI=1S/C48H30O/c1-3-13-31(14-4-1)36-26-24-34(29-44(36)32-15-5-2-6-16-32)46-39-19-9-11-21-41(39)47(42-22-12-10-20-40(42)46)35-25-27-38-43-28-23-33-17-7-8-18-37(33)48(43)49-45(38)30-35/h1-30H/i2D,5D,6D,15D,16D,24D,26D,29D. The van der Waals surface area contributed by atoms with E-state index in [0.717, 1.165) is 65.4 Å². The molecule has 0 fully saturated rings. The van der Waals surface area contributed by atoms with Gasteiger partial charge in [-0.05, 0) is 95.7 Å². The van der Waals surface area contributed by atoms with Gasteiger partial charge < -0.3 is 4.42 Å². The zero-order chi connectivity index (χ0) is 39.3. The van der Waals surface area contributed by atoms with Gasteiger partial charge in [-0.1, -0.05) is 158 Å². The van der Waals surface area contributed by atoms with Crippen molar-refractivity contribution >= 4 is 54.3 Å². The molecule has 0 aliphatic carbocycles. The van der Waals surface area contributed by atoms with Gasteiger partial charge >= 0.3 is 0 Å². The quantitative estimate of drug-likeness (QED) is 0.176. The molecular weight excluding hydrogens is 593 g/mol. The van der Waals surface area contributed by atoms with Crippen LogP contribution in [0.3, 0.4) is 0 Å². The number of hydrogen-bond acceptors (Lipinski definition) is 1. The van der Waals surface area contributed by atoms with Crippen LogP contribution in [0.5, 0.6) is 0 Å². The van der Waals surface area contributed by atoms with E-state index in [0.29, 0.717) is 11.1 Å². The van der Waals surface area contributed by atoms with Crippen molar-refractivity contribution in [3.05, 3.63) is 182 Å². The van der Waals surface area contributed by atoms with Gasteiger partial charge in [0, 0.05) is 16.2 Å². The molecule has 9 aromatic carbocycles. The largest absolute Gasteiger partial charge is 0.455 e. The van der Waals surface area contributed by atoms with E-state index < -0.39 is 30.2 Å². The maximum atomic E-state index is 9.95. The molecule has 0 atom stereocenters. The summed E-state index contributed by atoms with van der Waals surface area (Å²) in [6, 6.07) is 39.9. The lowest BCUT2D eigenvalue weighted by Gasteiger charge is -2.19. The van der Waals surface area contributed by atoms with Crippen molar-refractivity contribution in [3.63, 3.8) is 0 Å². The number of fused-ring (bicyclic) bond motifs is 7. The van der Waals surface area contributed by atoms with Gasteiger partial charge in [0.1, 0.15) is 11.2 Å². The highest BCUT2D eigenvalue weighted by Gasteiger charge is 2.19. The van der Waals surface area contributed by atoms with Crippen molar-refractivity contribution in [1.82, 2.24) is 0 Å². The summed E-state index contributed by atoms with van der Waals surface area (Å²) in [6.45, 7) is 0. The SMILES string of the molecule is [2H]c1c([2H])c([2H])c(-c2c([2H])c(-c3c4ccccc4c(-c4ccc5c(c4)oc4c6ccccc6ccc54)c4ccccc34)c([2H])c([2H])c2-c2ccccc2)c([2H])c1[2H]. The van der Waals surface area contributed by atoms with Gasteiger partial charge in [0.05, 0.1) is 11.0 Å². The van der Waals surface area contributed by atoms with Gasteiger partial charge in [-0.2, -0.15) is 0 Å². The van der Waals surface area contributed by atoms with E-state index in [1.807, 2.05) is 66.7 Å². The summed E-state index contributed by atoms with van der Waals surface area (Å²) in [5, 5.41) is 7.37. The molecule has 10 aromatic rings. The summed E-state index contributed by atoms with van der Waals surface area (Å²) in [7, 11) is 0. The fraction of sp³-hybridized carbons (Fsp3) is 0. The third-order valence-electron chi connectivity index (χ3n) is 9.46. The highest BCUT2D eigenvalue weighted by Crippen LogP contribution is 2.46. The minimum absolute atomic E-state index is 0.00861. The molecule has 0 spiro atoms. The van der Waals surface area contributed by atoms with Crippen molar-refractivity contribution in [2.75, 3.05) is 0 Å². The molecule has 0 radical (unpaired) electrons. The molecule has 1 heterocycles. The zero-order valence-electron chi connectivity index (χ0n) is 34.1. The van der Waals surface area contributed by atoms with Crippen LogP contribution in [0.4, 0.5) is 0 Å². The Kier molecular flexibility index (Phi) is 4.69. The second-order valence-corrected chi connectivity index (χ2v) is 12.2.